The fourth-order valence-electron chi connectivity index (χ4n) is 1.88. The molecule has 0 radical (unpaired) electrons. The average molecular weight is 354 g/mol. The van der Waals surface area contributed by atoms with Crippen molar-refractivity contribution < 1.29 is 13.2 Å². The van der Waals surface area contributed by atoms with E-state index in [9.17, 15) is 13.2 Å². The quantitative estimate of drug-likeness (QED) is 0.828. The van der Waals surface area contributed by atoms with Crippen molar-refractivity contribution in [2.24, 2.45) is 0 Å². The van der Waals surface area contributed by atoms with Gasteiger partial charge in [-0.3, -0.25) is 5.32 Å². The number of urea groups is 1. The van der Waals surface area contributed by atoms with Gasteiger partial charge in [0.15, 0.2) is 15.7 Å². The second kappa shape index (κ2) is 7.51. The lowest BCUT2D eigenvalue weighted by Gasteiger charge is -2.13. The Bertz CT molecular complexity index is 759. The van der Waals surface area contributed by atoms with Gasteiger partial charge in [0.1, 0.15) is 0 Å². The number of nitrogens with one attached hydrogen (secondary N) is 2. The van der Waals surface area contributed by atoms with Gasteiger partial charge in [-0.05, 0) is 6.92 Å². The van der Waals surface area contributed by atoms with Gasteiger partial charge in [0.2, 0.25) is 5.13 Å². The highest BCUT2D eigenvalue weighted by Crippen LogP contribution is 2.20. The van der Waals surface area contributed by atoms with Gasteiger partial charge in [-0.15, -0.1) is 0 Å². The Labute approximate surface area is 139 Å². The fourth-order valence-corrected chi connectivity index (χ4v) is 3.54. The molecule has 1 aromatic heterocycles. The van der Waals surface area contributed by atoms with Gasteiger partial charge in [-0.2, -0.15) is 9.36 Å². The van der Waals surface area contributed by atoms with E-state index >= 15 is 0 Å². The van der Waals surface area contributed by atoms with Gasteiger partial charge < -0.3 is 5.32 Å². The third kappa shape index (κ3) is 5.29. The molecule has 1 unspecified atom stereocenters. The second-order valence-corrected chi connectivity index (χ2v) is 8.14. The van der Waals surface area contributed by atoms with Crippen LogP contribution in [0, 0.1) is 0 Å². The van der Waals surface area contributed by atoms with Gasteiger partial charge in [-0.1, -0.05) is 37.3 Å². The molecule has 23 heavy (non-hydrogen) atoms. The molecule has 2 rings (SSSR count). The molecule has 2 amide bonds. The van der Waals surface area contributed by atoms with Crippen molar-refractivity contribution in [2.75, 3.05) is 16.8 Å². The van der Waals surface area contributed by atoms with E-state index in [1.54, 1.807) is 13.8 Å². The third-order valence-electron chi connectivity index (χ3n) is 3.00. The summed E-state index contributed by atoms with van der Waals surface area (Å²) < 4.78 is 27.2. The van der Waals surface area contributed by atoms with Crippen molar-refractivity contribution in [3.8, 4) is 11.4 Å². The Morgan fingerprint density at radius 3 is 2.65 bits per heavy atom. The number of hydrogen-bond acceptors (Lipinski definition) is 6. The Morgan fingerprint density at radius 1 is 1.30 bits per heavy atom. The Kier molecular flexibility index (Phi) is 5.67. The zero-order valence-corrected chi connectivity index (χ0v) is 14.4. The van der Waals surface area contributed by atoms with E-state index in [0.29, 0.717) is 11.0 Å². The summed E-state index contributed by atoms with van der Waals surface area (Å²) in [5.41, 5.74) is 0.861. The Hall–Kier alpha value is -2.00. The van der Waals surface area contributed by atoms with Crippen LogP contribution in [-0.2, 0) is 9.84 Å². The first kappa shape index (κ1) is 17.4. The van der Waals surface area contributed by atoms with Crippen LogP contribution < -0.4 is 10.6 Å². The summed E-state index contributed by atoms with van der Waals surface area (Å²) in [7, 11) is -3.14. The molecule has 2 N–H and O–H groups in total. The molecule has 0 saturated heterocycles. The topological polar surface area (TPSA) is 101 Å². The number of sulfone groups is 1. The van der Waals surface area contributed by atoms with Crippen molar-refractivity contribution >= 4 is 32.5 Å². The Balaban J connectivity index is 1.92. The molecular weight excluding hydrogens is 336 g/mol. The minimum absolute atomic E-state index is 0.0531. The number of anilines is 1. The number of carbonyl (C=O) groups is 1. The highest BCUT2D eigenvalue weighted by atomic mass is 32.2. The van der Waals surface area contributed by atoms with Crippen LogP contribution in [0.15, 0.2) is 30.3 Å². The van der Waals surface area contributed by atoms with E-state index < -0.39 is 21.9 Å². The van der Waals surface area contributed by atoms with E-state index in [4.69, 9.17) is 0 Å². The Morgan fingerprint density at radius 2 is 2.00 bits per heavy atom. The van der Waals surface area contributed by atoms with Gasteiger partial charge in [0, 0.05) is 28.9 Å². The number of hydrogen-bond donors (Lipinski definition) is 2. The van der Waals surface area contributed by atoms with Crippen LogP contribution in [0.2, 0.25) is 0 Å². The van der Waals surface area contributed by atoms with Crippen LogP contribution in [-0.4, -0.2) is 41.4 Å². The normalized spacial score (nSPS) is 12.6. The molecule has 7 nitrogen and oxygen atoms in total. The number of amides is 2. The summed E-state index contributed by atoms with van der Waals surface area (Å²) in [6, 6.07) is 8.43. The number of carbonyl (C=O) groups excluding carboxylic acids is 1. The maximum absolute atomic E-state index is 11.9. The predicted octanol–water partition coefficient (Wildman–Crippen LogP) is 2.15. The number of rotatable bonds is 6. The maximum Gasteiger partial charge on any atom is 0.321 e. The van der Waals surface area contributed by atoms with E-state index in [-0.39, 0.29) is 11.5 Å². The first-order valence-corrected chi connectivity index (χ1v) is 9.66. The first-order chi connectivity index (χ1) is 10.9. The van der Waals surface area contributed by atoms with E-state index in [0.717, 1.165) is 17.1 Å². The molecule has 2 aromatic rings. The number of aromatic nitrogens is 2. The van der Waals surface area contributed by atoms with Crippen molar-refractivity contribution in [1.82, 2.24) is 14.7 Å². The summed E-state index contributed by atoms with van der Waals surface area (Å²) >= 11 is 1.07. The SMILES string of the molecule is CCS(=O)(=O)CC(C)NC(=O)Nc1nc(-c2ccccc2)ns1. The van der Waals surface area contributed by atoms with Crippen LogP contribution in [0.3, 0.4) is 0 Å². The molecule has 0 bridgehead atoms. The lowest BCUT2D eigenvalue weighted by molar-refractivity contribution is 0.250. The van der Waals surface area contributed by atoms with Crippen LogP contribution in [0.1, 0.15) is 13.8 Å². The number of benzene rings is 1. The monoisotopic (exact) mass is 354 g/mol. The zero-order valence-electron chi connectivity index (χ0n) is 12.8. The highest BCUT2D eigenvalue weighted by molar-refractivity contribution is 7.91. The summed E-state index contributed by atoms with van der Waals surface area (Å²) in [4.78, 5) is 16.1. The standard InChI is InChI=1S/C14H18N4O3S2/c1-3-23(20,21)9-10(2)15-13(19)17-14-16-12(18-22-14)11-7-5-4-6-8-11/h4-8,10H,3,9H2,1-2H3,(H2,15,16,17,18,19). The molecule has 1 aromatic carbocycles. The smallest absolute Gasteiger partial charge is 0.321 e. The summed E-state index contributed by atoms with van der Waals surface area (Å²) in [6.07, 6.45) is 0. The van der Waals surface area contributed by atoms with Crippen LogP contribution >= 0.6 is 11.5 Å². The van der Waals surface area contributed by atoms with Crippen LogP contribution in [0.5, 0.6) is 0 Å². The minimum atomic E-state index is -3.14. The van der Waals surface area contributed by atoms with Gasteiger partial charge >= 0.3 is 6.03 Å². The molecule has 9 heteroatoms. The minimum Gasteiger partial charge on any atom is -0.334 e. The van der Waals surface area contributed by atoms with Gasteiger partial charge in [-0.25, -0.2) is 13.2 Å². The largest absolute Gasteiger partial charge is 0.334 e. The molecule has 0 spiro atoms. The van der Waals surface area contributed by atoms with Gasteiger partial charge in [0.25, 0.3) is 0 Å². The predicted molar refractivity (Wildman–Crippen MR) is 91.3 cm³/mol. The maximum atomic E-state index is 11.9. The summed E-state index contributed by atoms with van der Waals surface area (Å²) in [6.45, 7) is 3.22. The highest BCUT2D eigenvalue weighted by Gasteiger charge is 2.16. The number of nitrogens with zero attached hydrogens (tertiary/aromatic N) is 2. The van der Waals surface area contributed by atoms with E-state index in [1.807, 2.05) is 30.3 Å². The molecule has 124 valence electrons. The molecule has 0 aliphatic carbocycles. The summed E-state index contributed by atoms with van der Waals surface area (Å²) in [5, 5.41) is 5.50. The molecule has 1 heterocycles. The van der Waals surface area contributed by atoms with Crippen molar-refractivity contribution in [1.29, 1.82) is 0 Å². The lowest BCUT2D eigenvalue weighted by atomic mass is 10.2. The van der Waals surface area contributed by atoms with E-state index in [2.05, 4.69) is 20.0 Å². The summed E-state index contributed by atoms with van der Waals surface area (Å²) in [5.74, 6) is 0.493. The molecular formula is C14H18N4O3S2. The van der Waals surface area contributed by atoms with Crippen molar-refractivity contribution in [3.05, 3.63) is 30.3 Å². The zero-order chi connectivity index (χ0) is 16.9. The van der Waals surface area contributed by atoms with Crippen molar-refractivity contribution in [2.45, 2.75) is 19.9 Å². The molecule has 0 saturated carbocycles. The molecule has 0 fully saturated rings. The van der Waals surface area contributed by atoms with Crippen LogP contribution in [0.4, 0.5) is 9.93 Å². The lowest BCUT2D eigenvalue weighted by Crippen LogP contribution is -2.40. The van der Waals surface area contributed by atoms with Crippen molar-refractivity contribution in [3.63, 3.8) is 0 Å². The fraction of sp³-hybridized carbons (Fsp3) is 0.357. The van der Waals surface area contributed by atoms with Gasteiger partial charge in [0.05, 0.1) is 5.75 Å². The molecule has 1 atom stereocenters. The van der Waals surface area contributed by atoms with E-state index in [1.165, 1.54) is 0 Å². The second-order valence-electron chi connectivity index (χ2n) is 4.99. The molecule has 0 aliphatic heterocycles. The third-order valence-corrected chi connectivity index (χ3v) is 5.52. The molecule has 0 aliphatic rings. The first-order valence-electron chi connectivity index (χ1n) is 7.06. The van der Waals surface area contributed by atoms with Crippen LogP contribution in [0.25, 0.3) is 11.4 Å². The average Bonchev–Trinajstić information content (AvgIpc) is 2.95.